The number of carbonyl (C=O) groups is 2. The second-order valence-electron chi connectivity index (χ2n) is 6.99. The van der Waals surface area contributed by atoms with Crippen LogP contribution in [-0.4, -0.2) is 18.0 Å². The van der Waals surface area contributed by atoms with Crippen LogP contribution in [0.4, 0.5) is 5.69 Å². The third-order valence-corrected chi connectivity index (χ3v) is 4.55. The third kappa shape index (κ3) is 6.38. The predicted molar refractivity (Wildman–Crippen MR) is 111 cm³/mol. The number of carbonyl (C=O) groups excluding carboxylic acids is 2. The van der Waals surface area contributed by atoms with Crippen molar-refractivity contribution in [1.29, 1.82) is 0 Å². The first-order valence-electron chi connectivity index (χ1n) is 8.33. The average molecular weight is 406 g/mol. The summed E-state index contributed by atoms with van der Waals surface area (Å²) >= 11 is 11.9. The fraction of sp³-hybridized carbons (Fsp3) is 0.250. The lowest BCUT2D eigenvalue weighted by Gasteiger charge is -2.18. The number of rotatable bonds is 5. The van der Waals surface area contributed by atoms with E-state index in [0.29, 0.717) is 10.7 Å². The van der Waals surface area contributed by atoms with E-state index >= 15 is 0 Å². The van der Waals surface area contributed by atoms with Gasteiger partial charge in [0.2, 0.25) is 11.8 Å². The molecule has 0 unspecified atom stereocenters. The normalized spacial score (nSPS) is 11.4. The molecule has 27 heavy (non-hydrogen) atoms. The zero-order valence-corrected chi connectivity index (χ0v) is 16.9. The molecule has 2 amide bonds. The topological polar surface area (TPSA) is 70.6 Å². The molecular weight excluding hydrogens is 385 g/mol. The molecule has 142 valence electrons. The van der Waals surface area contributed by atoms with Gasteiger partial charge < -0.3 is 5.32 Å². The smallest absolute Gasteiger partial charge is 0.249 e. The van der Waals surface area contributed by atoms with Gasteiger partial charge in [0, 0.05) is 0 Å². The first-order chi connectivity index (χ1) is 12.7. The number of halogens is 2. The van der Waals surface area contributed by atoms with Crippen molar-refractivity contribution in [3.63, 3.8) is 0 Å². The van der Waals surface area contributed by atoms with Crippen LogP contribution in [-0.2, 0) is 15.0 Å². The Hall–Kier alpha value is -2.37. The van der Waals surface area contributed by atoms with Crippen molar-refractivity contribution < 1.29 is 9.59 Å². The third-order valence-electron chi connectivity index (χ3n) is 3.73. The van der Waals surface area contributed by atoms with Crippen LogP contribution in [0.5, 0.6) is 0 Å². The van der Waals surface area contributed by atoms with Gasteiger partial charge in [-0.1, -0.05) is 74.3 Å². The van der Waals surface area contributed by atoms with Gasteiger partial charge >= 0.3 is 0 Å². The number of nitrogens with zero attached hydrogens (tertiary/aromatic N) is 1. The summed E-state index contributed by atoms with van der Waals surface area (Å²) in [4.78, 5) is 23.8. The fourth-order valence-electron chi connectivity index (χ4n) is 2.23. The Morgan fingerprint density at radius 3 is 2.33 bits per heavy atom. The molecule has 2 aromatic carbocycles. The Bertz CT molecular complexity index is 857. The first kappa shape index (κ1) is 20.9. The summed E-state index contributed by atoms with van der Waals surface area (Å²) < 4.78 is 0. The van der Waals surface area contributed by atoms with Crippen molar-refractivity contribution in [2.24, 2.45) is 5.10 Å². The van der Waals surface area contributed by atoms with Gasteiger partial charge in [-0.2, -0.15) is 5.10 Å². The fourth-order valence-corrected chi connectivity index (χ4v) is 2.58. The van der Waals surface area contributed by atoms with E-state index in [2.05, 4.69) is 36.6 Å². The molecule has 0 spiro atoms. The lowest BCUT2D eigenvalue weighted by Crippen LogP contribution is -2.24. The van der Waals surface area contributed by atoms with E-state index < -0.39 is 11.8 Å². The number of hydrogen-bond acceptors (Lipinski definition) is 3. The number of nitrogens with one attached hydrogen (secondary N) is 2. The summed E-state index contributed by atoms with van der Waals surface area (Å²) in [6.45, 7) is 6.41. The van der Waals surface area contributed by atoms with E-state index in [-0.39, 0.29) is 16.9 Å². The number of amides is 2. The molecule has 0 bridgehead atoms. The molecule has 2 N–H and O–H groups in total. The lowest BCUT2D eigenvalue weighted by molar-refractivity contribution is -0.126. The Morgan fingerprint density at radius 2 is 1.70 bits per heavy atom. The molecule has 0 aliphatic rings. The Morgan fingerprint density at radius 1 is 1.04 bits per heavy atom. The average Bonchev–Trinajstić information content (AvgIpc) is 2.58. The van der Waals surface area contributed by atoms with Crippen LogP contribution < -0.4 is 10.7 Å². The minimum atomic E-state index is -0.534. The highest BCUT2D eigenvalue weighted by molar-refractivity contribution is 6.44. The van der Waals surface area contributed by atoms with Gasteiger partial charge in [0.15, 0.2) is 0 Å². The molecule has 0 aliphatic heterocycles. The zero-order chi connectivity index (χ0) is 20.0. The van der Waals surface area contributed by atoms with E-state index in [1.54, 1.807) is 18.2 Å². The molecule has 0 heterocycles. The van der Waals surface area contributed by atoms with Gasteiger partial charge in [-0.25, -0.2) is 5.43 Å². The molecule has 2 aromatic rings. The molecule has 0 aromatic heterocycles. The van der Waals surface area contributed by atoms with Crippen molar-refractivity contribution in [1.82, 2.24) is 5.43 Å². The summed E-state index contributed by atoms with van der Waals surface area (Å²) in [6, 6.07) is 12.7. The highest BCUT2D eigenvalue weighted by atomic mass is 35.5. The van der Waals surface area contributed by atoms with E-state index in [4.69, 9.17) is 23.2 Å². The van der Waals surface area contributed by atoms with Crippen LogP contribution in [0.3, 0.4) is 0 Å². The molecule has 0 aliphatic carbocycles. The predicted octanol–water partition coefficient (Wildman–Crippen LogP) is 4.77. The van der Waals surface area contributed by atoms with Crippen molar-refractivity contribution in [3.05, 3.63) is 63.6 Å². The molecule has 0 saturated carbocycles. The maximum absolute atomic E-state index is 11.9. The van der Waals surface area contributed by atoms with Crippen LogP contribution in [0, 0.1) is 0 Å². The maximum Gasteiger partial charge on any atom is 0.249 e. The van der Waals surface area contributed by atoms with Crippen LogP contribution in [0.15, 0.2) is 47.6 Å². The van der Waals surface area contributed by atoms with E-state index in [1.165, 1.54) is 11.8 Å². The van der Waals surface area contributed by atoms with Crippen molar-refractivity contribution in [2.75, 3.05) is 5.32 Å². The molecule has 0 saturated heterocycles. The summed E-state index contributed by atoms with van der Waals surface area (Å²) in [5, 5.41) is 6.96. The Balaban J connectivity index is 1.85. The number of hydrogen-bond donors (Lipinski definition) is 2. The molecule has 7 heteroatoms. The van der Waals surface area contributed by atoms with Crippen molar-refractivity contribution in [2.45, 2.75) is 32.6 Å². The highest BCUT2D eigenvalue weighted by Crippen LogP contribution is 2.29. The zero-order valence-electron chi connectivity index (χ0n) is 15.3. The minimum Gasteiger partial charge on any atom is -0.324 e. The number of benzene rings is 2. The minimum absolute atomic E-state index is 0.0725. The van der Waals surface area contributed by atoms with Crippen LogP contribution >= 0.6 is 23.2 Å². The van der Waals surface area contributed by atoms with Gasteiger partial charge in [-0.15, -0.1) is 0 Å². The van der Waals surface area contributed by atoms with Gasteiger partial charge in [0.25, 0.3) is 0 Å². The Kier molecular flexibility index (Phi) is 6.99. The van der Waals surface area contributed by atoms with Crippen LogP contribution in [0.2, 0.25) is 10.0 Å². The van der Waals surface area contributed by atoms with Gasteiger partial charge in [0.05, 0.1) is 21.9 Å². The quantitative estimate of drug-likeness (QED) is 0.427. The van der Waals surface area contributed by atoms with Gasteiger partial charge in [0.1, 0.15) is 6.42 Å². The van der Waals surface area contributed by atoms with E-state index in [1.807, 2.05) is 24.3 Å². The maximum atomic E-state index is 11.9. The van der Waals surface area contributed by atoms with E-state index in [9.17, 15) is 9.59 Å². The van der Waals surface area contributed by atoms with Gasteiger partial charge in [-0.3, -0.25) is 9.59 Å². The largest absolute Gasteiger partial charge is 0.324 e. The Labute approximate surface area is 168 Å². The summed E-state index contributed by atoms with van der Waals surface area (Å²) in [6.07, 6.45) is 1.14. The monoisotopic (exact) mass is 405 g/mol. The molecule has 0 atom stereocenters. The van der Waals surface area contributed by atoms with Crippen LogP contribution in [0.25, 0.3) is 0 Å². The number of hydrazone groups is 1. The summed E-state index contributed by atoms with van der Waals surface area (Å²) in [5.74, 6) is -1.05. The van der Waals surface area contributed by atoms with Gasteiger partial charge in [-0.05, 0) is 28.7 Å². The lowest BCUT2D eigenvalue weighted by atomic mass is 9.87. The highest BCUT2D eigenvalue weighted by Gasteiger charge is 2.13. The molecule has 5 nitrogen and oxygen atoms in total. The van der Waals surface area contributed by atoms with Crippen molar-refractivity contribution >= 4 is 46.9 Å². The van der Waals surface area contributed by atoms with E-state index in [0.717, 1.165) is 5.56 Å². The SMILES string of the molecule is CC(C)(C)c1ccc(C=NNC(=O)CC(=O)Nc2cccc(Cl)c2Cl)cc1. The molecular formula is C20H21Cl2N3O2. The first-order valence-corrected chi connectivity index (χ1v) is 9.09. The molecule has 0 fully saturated rings. The number of anilines is 1. The van der Waals surface area contributed by atoms with Crippen molar-refractivity contribution in [3.8, 4) is 0 Å². The second kappa shape index (κ2) is 9.02. The second-order valence-corrected chi connectivity index (χ2v) is 7.78. The molecule has 0 radical (unpaired) electrons. The summed E-state index contributed by atoms with van der Waals surface area (Å²) in [5.41, 5.74) is 4.81. The van der Waals surface area contributed by atoms with Crippen LogP contribution in [0.1, 0.15) is 38.3 Å². The standard InChI is InChI=1S/C20H21Cl2N3O2/c1-20(2,3)14-9-7-13(8-10-14)12-23-25-18(27)11-17(26)24-16-6-4-5-15(21)19(16)22/h4-10,12H,11H2,1-3H3,(H,24,26)(H,25,27). The summed E-state index contributed by atoms with van der Waals surface area (Å²) in [7, 11) is 0. The molecule has 2 rings (SSSR count).